The fraction of sp³-hybridized carbons (Fsp3) is 0.323. The SMILES string of the molecule is CC(=O)c1cn(CC(=O)N2C[C@H](F)C[C@H]2C(=O)Nc2cccc(Br)n2)c2ccc(C3(CC(=O)c4cncnc4)CC3)cc12. The van der Waals surface area contributed by atoms with Gasteiger partial charge in [0.2, 0.25) is 11.8 Å². The minimum absolute atomic E-state index is 0.0424. The molecule has 1 N–H and O–H groups in total. The Morgan fingerprint density at radius 3 is 2.58 bits per heavy atom. The molecule has 10 nitrogen and oxygen atoms in total. The predicted octanol–water partition coefficient (Wildman–Crippen LogP) is 4.67. The highest BCUT2D eigenvalue weighted by Crippen LogP contribution is 2.52. The minimum Gasteiger partial charge on any atom is -0.337 e. The molecule has 1 aromatic carbocycles. The van der Waals surface area contributed by atoms with Gasteiger partial charge in [-0.2, -0.15) is 0 Å². The number of pyridine rings is 1. The van der Waals surface area contributed by atoms with Crippen LogP contribution in [-0.4, -0.2) is 66.6 Å². The molecule has 1 aliphatic carbocycles. The van der Waals surface area contributed by atoms with Crippen LogP contribution in [0.4, 0.5) is 10.2 Å². The maximum absolute atomic E-state index is 14.5. The van der Waals surface area contributed by atoms with E-state index in [1.54, 1.807) is 29.0 Å². The zero-order valence-corrected chi connectivity index (χ0v) is 24.9. The number of alkyl halides is 1. The number of likely N-dealkylation sites (tertiary alicyclic amines) is 1. The van der Waals surface area contributed by atoms with Crippen LogP contribution in [0.15, 0.2) is 65.9 Å². The van der Waals surface area contributed by atoms with Gasteiger partial charge in [0, 0.05) is 53.3 Å². The highest BCUT2D eigenvalue weighted by atomic mass is 79.9. The molecule has 0 radical (unpaired) electrons. The van der Waals surface area contributed by atoms with Crippen LogP contribution in [0.5, 0.6) is 0 Å². The van der Waals surface area contributed by atoms with Crippen LogP contribution in [0.1, 0.15) is 58.9 Å². The number of hydrogen-bond donors (Lipinski definition) is 1. The summed E-state index contributed by atoms with van der Waals surface area (Å²) >= 11 is 3.25. The summed E-state index contributed by atoms with van der Waals surface area (Å²) in [4.78, 5) is 65.4. The normalized spacial score (nSPS) is 18.9. The highest BCUT2D eigenvalue weighted by Gasteiger charge is 2.46. The third kappa shape index (κ3) is 5.83. The van der Waals surface area contributed by atoms with Crippen molar-refractivity contribution in [2.45, 2.75) is 56.8 Å². The van der Waals surface area contributed by atoms with Gasteiger partial charge < -0.3 is 14.8 Å². The lowest BCUT2D eigenvalue weighted by molar-refractivity contribution is -0.137. The predicted molar refractivity (Wildman–Crippen MR) is 159 cm³/mol. The minimum atomic E-state index is -1.34. The maximum Gasteiger partial charge on any atom is 0.248 e. The third-order valence-electron chi connectivity index (χ3n) is 8.25. The van der Waals surface area contributed by atoms with Crippen molar-refractivity contribution < 1.29 is 23.6 Å². The van der Waals surface area contributed by atoms with E-state index >= 15 is 0 Å². The molecule has 4 aromatic rings. The van der Waals surface area contributed by atoms with Gasteiger partial charge in [0.1, 0.15) is 35.5 Å². The molecule has 0 spiro atoms. The fourth-order valence-electron chi connectivity index (χ4n) is 5.84. The third-order valence-corrected chi connectivity index (χ3v) is 8.69. The van der Waals surface area contributed by atoms with Gasteiger partial charge in [0.05, 0.1) is 12.1 Å². The molecule has 3 aromatic heterocycles. The monoisotopic (exact) mass is 646 g/mol. The average molecular weight is 648 g/mol. The van der Waals surface area contributed by atoms with E-state index in [1.807, 2.05) is 18.2 Å². The van der Waals surface area contributed by atoms with Crippen molar-refractivity contribution in [1.82, 2.24) is 24.4 Å². The van der Waals surface area contributed by atoms with Gasteiger partial charge in [0.25, 0.3) is 0 Å². The Balaban J connectivity index is 1.23. The largest absolute Gasteiger partial charge is 0.337 e. The second kappa shape index (κ2) is 11.4. The summed E-state index contributed by atoms with van der Waals surface area (Å²) in [6.07, 6.45) is 6.56. The summed E-state index contributed by atoms with van der Waals surface area (Å²) in [5.41, 5.74) is 2.19. The molecule has 0 unspecified atom stereocenters. The first-order valence-electron chi connectivity index (χ1n) is 13.9. The van der Waals surface area contributed by atoms with Gasteiger partial charge in [-0.3, -0.25) is 19.2 Å². The number of Topliss-reactive ketones (excluding diaryl/α,β-unsaturated/α-hetero) is 2. The highest BCUT2D eigenvalue weighted by molar-refractivity contribution is 9.10. The number of fused-ring (bicyclic) bond motifs is 1. The van der Waals surface area contributed by atoms with Crippen LogP contribution in [0, 0.1) is 0 Å². The van der Waals surface area contributed by atoms with Crippen molar-refractivity contribution in [2.75, 3.05) is 11.9 Å². The first-order chi connectivity index (χ1) is 20.6. The summed E-state index contributed by atoms with van der Waals surface area (Å²) in [6, 6.07) is 9.75. The van der Waals surface area contributed by atoms with Crippen molar-refractivity contribution in [2.24, 2.45) is 0 Å². The van der Waals surface area contributed by atoms with Gasteiger partial charge in [-0.25, -0.2) is 19.3 Å². The van der Waals surface area contributed by atoms with Gasteiger partial charge >= 0.3 is 0 Å². The Kier molecular flexibility index (Phi) is 7.63. The molecule has 1 saturated heterocycles. The average Bonchev–Trinajstić information content (AvgIpc) is 3.51. The number of halogens is 2. The number of rotatable bonds is 9. The van der Waals surface area contributed by atoms with Gasteiger partial charge in [-0.1, -0.05) is 12.1 Å². The molecular weight excluding hydrogens is 619 g/mol. The molecule has 1 aliphatic heterocycles. The van der Waals surface area contributed by atoms with E-state index in [1.165, 1.54) is 30.5 Å². The van der Waals surface area contributed by atoms with Crippen LogP contribution < -0.4 is 5.32 Å². The lowest BCUT2D eigenvalue weighted by atomic mass is 9.88. The van der Waals surface area contributed by atoms with Crippen molar-refractivity contribution >= 4 is 56.0 Å². The molecule has 12 heteroatoms. The van der Waals surface area contributed by atoms with E-state index in [0.717, 1.165) is 18.4 Å². The molecular formula is C31H28BrFN6O4. The van der Waals surface area contributed by atoms with E-state index in [-0.39, 0.29) is 36.5 Å². The fourth-order valence-corrected chi connectivity index (χ4v) is 6.19. The molecule has 43 heavy (non-hydrogen) atoms. The lowest BCUT2D eigenvalue weighted by Gasteiger charge is -2.24. The Morgan fingerprint density at radius 1 is 1.12 bits per heavy atom. The number of carbonyl (C=O) groups excluding carboxylic acids is 4. The number of hydrogen-bond acceptors (Lipinski definition) is 7. The van der Waals surface area contributed by atoms with E-state index in [2.05, 4.69) is 36.2 Å². The number of nitrogens with zero attached hydrogens (tertiary/aromatic N) is 5. The maximum atomic E-state index is 14.5. The molecule has 0 bridgehead atoms. The van der Waals surface area contributed by atoms with E-state index in [9.17, 15) is 23.6 Å². The topological polar surface area (TPSA) is 127 Å². The van der Waals surface area contributed by atoms with Crippen LogP contribution >= 0.6 is 15.9 Å². The molecule has 2 aliphatic rings. The van der Waals surface area contributed by atoms with E-state index < -0.39 is 24.0 Å². The van der Waals surface area contributed by atoms with Crippen molar-refractivity contribution in [3.05, 3.63) is 82.6 Å². The second-order valence-electron chi connectivity index (χ2n) is 11.2. The molecule has 2 fully saturated rings. The van der Waals surface area contributed by atoms with Gasteiger partial charge in [-0.05, 0) is 65.5 Å². The smallest absolute Gasteiger partial charge is 0.248 e. The number of nitrogens with one attached hydrogen (secondary N) is 1. The number of anilines is 1. The molecule has 2 atom stereocenters. The Morgan fingerprint density at radius 2 is 1.88 bits per heavy atom. The molecule has 220 valence electrons. The number of carbonyl (C=O) groups is 4. The number of amides is 2. The zero-order valence-electron chi connectivity index (χ0n) is 23.3. The summed E-state index contributed by atoms with van der Waals surface area (Å²) < 4.78 is 16.7. The Labute approximate surface area is 254 Å². The van der Waals surface area contributed by atoms with Crippen LogP contribution in [-0.2, 0) is 21.5 Å². The summed E-state index contributed by atoms with van der Waals surface area (Å²) in [5.74, 6) is -0.872. The van der Waals surface area contributed by atoms with E-state index in [0.29, 0.717) is 38.9 Å². The Hall–Kier alpha value is -4.32. The first-order valence-corrected chi connectivity index (χ1v) is 14.7. The second-order valence-corrected chi connectivity index (χ2v) is 12.0. The van der Waals surface area contributed by atoms with Crippen molar-refractivity contribution in [3.63, 3.8) is 0 Å². The van der Waals surface area contributed by atoms with Crippen molar-refractivity contribution in [1.29, 1.82) is 0 Å². The number of aromatic nitrogens is 4. The molecule has 2 amide bonds. The van der Waals surface area contributed by atoms with Crippen LogP contribution in [0.2, 0.25) is 0 Å². The lowest BCUT2D eigenvalue weighted by Crippen LogP contribution is -2.44. The standard InChI is InChI=1S/C31H28BrFN6O4/c1-18(40)23-15-38(16-29(42)39-14-21(33)10-25(39)30(43)37-28-4-2-3-27(32)36-28)24-6-5-20(9-22(23)24)31(7-8-31)11-26(41)19-12-34-17-35-13-19/h2-6,9,12-13,15,17,21,25H,7-8,10-11,14,16H2,1H3,(H,36,37,43)/t21-,25+/m1/s1. The van der Waals surface area contributed by atoms with Crippen molar-refractivity contribution in [3.8, 4) is 0 Å². The number of ketones is 2. The summed E-state index contributed by atoms with van der Waals surface area (Å²) in [5, 5.41) is 3.35. The quantitative estimate of drug-likeness (QED) is 0.207. The number of benzene rings is 1. The van der Waals surface area contributed by atoms with Crippen LogP contribution in [0.3, 0.4) is 0 Å². The first kappa shape index (κ1) is 28.8. The van der Waals surface area contributed by atoms with E-state index in [4.69, 9.17) is 0 Å². The molecule has 6 rings (SSSR count). The summed E-state index contributed by atoms with van der Waals surface area (Å²) in [6.45, 7) is 1.09. The van der Waals surface area contributed by atoms with Crippen LogP contribution in [0.25, 0.3) is 10.9 Å². The molecule has 4 heterocycles. The van der Waals surface area contributed by atoms with Gasteiger partial charge in [-0.15, -0.1) is 0 Å². The van der Waals surface area contributed by atoms with Gasteiger partial charge in [0.15, 0.2) is 11.6 Å². The molecule has 1 saturated carbocycles. The Bertz CT molecular complexity index is 1760. The zero-order chi connectivity index (χ0) is 30.3. The summed E-state index contributed by atoms with van der Waals surface area (Å²) in [7, 11) is 0.